The Morgan fingerprint density at radius 2 is 2.26 bits per heavy atom. The first kappa shape index (κ1) is 12.7. The lowest BCUT2D eigenvalue weighted by atomic mass is 9.92. The number of nitrogens with one attached hydrogen (secondary N) is 1. The van der Waals surface area contributed by atoms with Crippen molar-refractivity contribution in [2.45, 2.75) is 38.2 Å². The van der Waals surface area contributed by atoms with Crippen LogP contribution in [0, 0.1) is 11.8 Å². The highest BCUT2D eigenvalue weighted by atomic mass is 16.3. The van der Waals surface area contributed by atoms with Crippen molar-refractivity contribution in [3.63, 3.8) is 0 Å². The quantitative estimate of drug-likeness (QED) is 0.867. The van der Waals surface area contributed by atoms with Gasteiger partial charge in [0.15, 0.2) is 0 Å². The second-order valence-corrected chi connectivity index (χ2v) is 5.76. The van der Waals surface area contributed by atoms with Gasteiger partial charge in [0, 0.05) is 12.5 Å². The van der Waals surface area contributed by atoms with E-state index < -0.39 is 6.10 Å². The van der Waals surface area contributed by atoms with E-state index in [1.54, 1.807) is 0 Å². The Morgan fingerprint density at radius 3 is 3.05 bits per heavy atom. The highest BCUT2D eigenvalue weighted by molar-refractivity contribution is 5.84. The fourth-order valence-corrected chi connectivity index (χ4v) is 3.40. The van der Waals surface area contributed by atoms with E-state index in [4.69, 9.17) is 0 Å². The van der Waals surface area contributed by atoms with Gasteiger partial charge in [-0.2, -0.15) is 0 Å². The minimum atomic E-state index is -0.419. The van der Waals surface area contributed by atoms with Gasteiger partial charge < -0.3 is 10.4 Å². The molecule has 2 aliphatic rings. The first-order valence-electron chi connectivity index (χ1n) is 7.26. The predicted molar refractivity (Wildman–Crippen MR) is 73.8 cm³/mol. The van der Waals surface area contributed by atoms with Gasteiger partial charge in [0.2, 0.25) is 5.91 Å². The van der Waals surface area contributed by atoms with E-state index in [-0.39, 0.29) is 11.8 Å². The van der Waals surface area contributed by atoms with Crippen LogP contribution in [0.2, 0.25) is 0 Å². The molecule has 0 radical (unpaired) electrons. The van der Waals surface area contributed by atoms with Crippen LogP contribution in [-0.4, -0.2) is 23.7 Å². The summed E-state index contributed by atoms with van der Waals surface area (Å²) in [6.45, 7) is 2.30. The largest absolute Gasteiger partial charge is 0.391 e. The smallest absolute Gasteiger partial charge is 0.224 e. The Hall–Kier alpha value is -1.35. The third-order valence-corrected chi connectivity index (χ3v) is 4.62. The summed E-state index contributed by atoms with van der Waals surface area (Å²) < 4.78 is 0. The van der Waals surface area contributed by atoms with Crippen LogP contribution in [0.1, 0.15) is 36.8 Å². The van der Waals surface area contributed by atoms with Crippen molar-refractivity contribution in [1.82, 2.24) is 5.32 Å². The average Bonchev–Trinajstić information content (AvgIpc) is 3.19. The number of rotatable bonds is 4. The summed E-state index contributed by atoms with van der Waals surface area (Å²) in [4.78, 5) is 12.2. The molecule has 2 N–H and O–H groups in total. The Morgan fingerprint density at radius 1 is 1.47 bits per heavy atom. The topological polar surface area (TPSA) is 49.3 Å². The fourth-order valence-electron chi connectivity index (χ4n) is 3.40. The molecule has 1 aromatic carbocycles. The highest BCUT2D eigenvalue weighted by Gasteiger charge is 2.56. The number of aliphatic hydroxyl groups excluding tert-OH is 1. The van der Waals surface area contributed by atoms with Gasteiger partial charge in [0.25, 0.3) is 0 Å². The Bertz CT molecular complexity index is 485. The SMILES string of the molecule is CCC(O)CNC(=O)C1C2CCc3ccccc3C21. The van der Waals surface area contributed by atoms with Gasteiger partial charge >= 0.3 is 0 Å². The summed E-state index contributed by atoms with van der Waals surface area (Å²) in [5, 5.41) is 12.4. The number of aliphatic hydroxyl groups is 1. The molecule has 3 rings (SSSR count). The van der Waals surface area contributed by atoms with Crippen LogP contribution in [0.4, 0.5) is 0 Å². The molecule has 0 saturated heterocycles. The normalized spacial score (nSPS) is 29.1. The molecular weight excluding hydrogens is 238 g/mol. The maximum absolute atomic E-state index is 12.2. The maximum atomic E-state index is 12.2. The lowest BCUT2D eigenvalue weighted by Crippen LogP contribution is -2.33. The van der Waals surface area contributed by atoms with Gasteiger partial charge in [-0.25, -0.2) is 0 Å². The molecule has 102 valence electrons. The number of carbonyl (C=O) groups excluding carboxylic acids is 1. The monoisotopic (exact) mass is 259 g/mol. The minimum Gasteiger partial charge on any atom is -0.391 e. The van der Waals surface area contributed by atoms with Gasteiger partial charge in [0.1, 0.15) is 0 Å². The molecule has 1 amide bonds. The van der Waals surface area contributed by atoms with Crippen LogP contribution in [0.25, 0.3) is 0 Å². The molecule has 4 atom stereocenters. The lowest BCUT2D eigenvalue weighted by molar-refractivity contribution is -0.123. The lowest BCUT2D eigenvalue weighted by Gasteiger charge is -2.13. The van der Waals surface area contributed by atoms with Crippen LogP contribution >= 0.6 is 0 Å². The Balaban J connectivity index is 1.65. The number of amides is 1. The molecule has 0 bridgehead atoms. The van der Waals surface area contributed by atoms with Crippen LogP contribution < -0.4 is 5.32 Å². The Labute approximate surface area is 114 Å². The predicted octanol–water partition coefficient (Wildman–Crippen LogP) is 1.85. The van der Waals surface area contributed by atoms with E-state index in [0.717, 1.165) is 12.8 Å². The number of fused-ring (bicyclic) bond motifs is 3. The average molecular weight is 259 g/mol. The summed E-state index contributed by atoms with van der Waals surface area (Å²) in [6, 6.07) is 8.49. The van der Waals surface area contributed by atoms with Gasteiger partial charge in [-0.05, 0) is 42.2 Å². The van der Waals surface area contributed by atoms with E-state index in [1.807, 2.05) is 6.92 Å². The van der Waals surface area contributed by atoms with E-state index in [9.17, 15) is 9.90 Å². The standard InChI is InChI=1S/C16H21NO2/c1-2-11(18)9-17-16(19)15-13-8-7-10-5-3-4-6-12(10)14(13)15/h3-6,11,13-15,18H,2,7-9H2,1H3,(H,17,19). The molecule has 19 heavy (non-hydrogen) atoms. The highest BCUT2D eigenvalue weighted by Crippen LogP contribution is 2.59. The van der Waals surface area contributed by atoms with Crippen molar-refractivity contribution in [2.24, 2.45) is 11.8 Å². The molecule has 1 fully saturated rings. The Kier molecular flexibility index (Phi) is 3.31. The summed E-state index contributed by atoms with van der Waals surface area (Å²) in [5.41, 5.74) is 2.78. The molecule has 4 unspecified atom stereocenters. The second kappa shape index (κ2) is 4.97. The van der Waals surface area contributed by atoms with Crippen LogP contribution in [0.5, 0.6) is 0 Å². The zero-order valence-corrected chi connectivity index (χ0v) is 11.3. The zero-order valence-electron chi connectivity index (χ0n) is 11.3. The van der Waals surface area contributed by atoms with Gasteiger partial charge in [-0.15, -0.1) is 0 Å². The van der Waals surface area contributed by atoms with Gasteiger partial charge in [-0.3, -0.25) is 4.79 Å². The first-order chi connectivity index (χ1) is 9.22. The third kappa shape index (κ3) is 2.27. The maximum Gasteiger partial charge on any atom is 0.224 e. The number of hydrogen-bond donors (Lipinski definition) is 2. The number of carbonyl (C=O) groups is 1. The van der Waals surface area contributed by atoms with Crippen molar-refractivity contribution in [1.29, 1.82) is 0 Å². The fraction of sp³-hybridized carbons (Fsp3) is 0.562. The summed E-state index contributed by atoms with van der Waals surface area (Å²) >= 11 is 0. The minimum absolute atomic E-state index is 0.124. The van der Waals surface area contributed by atoms with Crippen LogP contribution in [-0.2, 0) is 11.2 Å². The number of aryl methyl sites for hydroxylation is 1. The molecule has 0 aliphatic heterocycles. The number of benzene rings is 1. The van der Waals surface area contributed by atoms with E-state index >= 15 is 0 Å². The molecule has 2 aliphatic carbocycles. The van der Waals surface area contributed by atoms with Crippen molar-refractivity contribution in [3.05, 3.63) is 35.4 Å². The van der Waals surface area contributed by atoms with Crippen molar-refractivity contribution >= 4 is 5.91 Å². The molecule has 3 nitrogen and oxygen atoms in total. The first-order valence-corrected chi connectivity index (χ1v) is 7.26. The molecule has 1 saturated carbocycles. The van der Waals surface area contributed by atoms with Crippen molar-refractivity contribution in [3.8, 4) is 0 Å². The molecule has 0 spiro atoms. The van der Waals surface area contributed by atoms with Crippen molar-refractivity contribution < 1.29 is 9.90 Å². The van der Waals surface area contributed by atoms with Gasteiger partial charge in [0.05, 0.1) is 6.10 Å². The summed E-state index contributed by atoms with van der Waals surface area (Å²) in [7, 11) is 0. The van der Waals surface area contributed by atoms with Crippen molar-refractivity contribution in [2.75, 3.05) is 6.54 Å². The van der Waals surface area contributed by atoms with Crippen LogP contribution in [0.15, 0.2) is 24.3 Å². The van der Waals surface area contributed by atoms with E-state index in [0.29, 0.717) is 24.8 Å². The van der Waals surface area contributed by atoms with Crippen LogP contribution in [0.3, 0.4) is 0 Å². The summed E-state index contributed by atoms with van der Waals surface area (Å²) in [5.74, 6) is 1.20. The number of hydrogen-bond acceptors (Lipinski definition) is 2. The molecule has 0 aromatic heterocycles. The van der Waals surface area contributed by atoms with E-state index in [1.165, 1.54) is 11.1 Å². The van der Waals surface area contributed by atoms with E-state index in [2.05, 4.69) is 29.6 Å². The molecule has 1 aromatic rings. The summed E-state index contributed by atoms with van der Waals surface area (Å²) in [6.07, 6.45) is 2.48. The molecule has 3 heteroatoms. The molecular formula is C16H21NO2. The molecule has 0 heterocycles. The second-order valence-electron chi connectivity index (χ2n) is 5.76. The van der Waals surface area contributed by atoms with Gasteiger partial charge in [-0.1, -0.05) is 31.2 Å². The zero-order chi connectivity index (χ0) is 13.4. The third-order valence-electron chi connectivity index (χ3n) is 4.62.